The second-order valence-electron chi connectivity index (χ2n) is 9.23. The molecule has 160 valence electrons. The fraction of sp³-hybridized carbons (Fsp3) is 0.609. The predicted molar refractivity (Wildman–Crippen MR) is 111 cm³/mol. The first-order valence-electron chi connectivity index (χ1n) is 11.0. The van der Waals surface area contributed by atoms with Gasteiger partial charge in [0.15, 0.2) is 5.82 Å². The molecule has 3 atom stereocenters. The van der Waals surface area contributed by atoms with Gasteiger partial charge in [-0.15, -0.1) is 0 Å². The largest absolute Gasteiger partial charge is 0.493 e. The summed E-state index contributed by atoms with van der Waals surface area (Å²) >= 11 is 0. The third-order valence-corrected chi connectivity index (χ3v) is 6.93. The zero-order chi connectivity index (χ0) is 20.9. The van der Waals surface area contributed by atoms with Gasteiger partial charge in [0.25, 0.3) is 0 Å². The third kappa shape index (κ3) is 3.29. The fourth-order valence-corrected chi connectivity index (χ4v) is 5.09. The molecule has 1 saturated carbocycles. The van der Waals surface area contributed by atoms with Crippen LogP contribution in [0.4, 0.5) is 0 Å². The molecule has 3 heterocycles. The van der Waals surface area contributed by atoms with Gasteiger partial charge >= 0.3 is 0 Å². The zero-order valence-electron chi connectivity index (χ0n) is 18.0. The summed E-state index contributed by atoms with van der Waals surface area (Å²) in [5, 5.41) is 7.81. The molecule has 7 nitrogen and oxygen atoms in total. The Morgan fingerprint density at radius 3 is 3.10 bits per heavy atom. The lowest BCUT2D eigenvalue weighted by molar-refractivity contribution is -0.123. The number of hydrogen-bond acceptors (Lipinski definition) is 5. The van der Waals surface area contributed by atoms with Crippen LogP contribution in [-0.4, -0.2) is 40.4 Å². The molecular weight excluding hydrogens is 380 g/mol. The number of hydrogen-bond donors (Lipinski definition) is 1. The molecule has 5 rings (SSSR count). The number of ether oxygens (including phenoxy) is 2. The number of carbonyl (C=O) groups is 1. The number of methoxy groups -OCH3 is 1. The number of aromatic nitrogens is 3. The Morgan fingerprint density at radius 2 is 2.30 bits per heavy atom. The number of benzene rings is 1. The van der Waals surface area contributed by atoms with Crippen LogP contribution in [0.5, 0.6) is 5.75 Å². The summed E-state index contributed by atoms with van der Waals surface area (Å²) in [6, 6.07) is 6.60. The lowest BCUT2D eigenvalue weighted by Gasteiger charge is -2.29. The van der Waals surface area contributed by atoms with E-state index in [0.717, 1.165) is 37.3 Å². The second-order valence-corrected chi connectivity index (χ2v) is 9.23. The maximum Gasteiger partial charge on any atom is 0.224 e. The Balaban J connectivity index is 1.29. The lowest BCUT2D eigenvalue weighted by atomic mass is 9.85. The molecule has 1 amide bonds. The Bertz CT molecular complexity index is 969. The monoisotopic (exact) mass is 410 g/mol. The first-order chi connectivity index (χ1) is 14.5. The third-order valence-electron chi connectivity index (χ3n) is 6.93. The summed E-state index contributed by atoms with van der Waals surface area (Å²) in [6.45, 7) is 6.19. The van der Waals surface area contributed by atoms with Gasteiger partial charge in [-0.2, -0.15) is 5.10 Å². The topological polar surface area (TPSA) is 78.3 Å². The molecule has 0 saturated heterocycles. The van der Waals surface area contributed by atoms with Gasteiger partial charge in [0.1, 0.15) is 18.2 Å². The molecule has 0 unspecified atom stereocenters. The van der Waals surface area contributed by atoms with Crippen molar-refractivity contribution in [1.29, 1.82) is 0 Å². The van der Waals surface area contributed by atoms with Gasteiger partial charge in [-0.3, -0.25) is 4.79 Å². The molecule has 1 N–H and O–H groups in total. The minimum atomic E-state index is -0.0543. The number of aryl methyl sites for hydroxylation is 1. The van der Waals surface area contributed by atoms with E-state index >= 15 is 0 Å². The standard InChI is InChI=1S/C23H30N4O3/c1-14(2)15-4-6-19-17(10-15)23(8-9-30-19)11-18(23)22(28)24-16-5-7-21-25-20(13-29-3)26-27(21)12-16/h4,6,10,14,16,18H,5,7-9,11-13H2,1-3H3,(H,24,28)/t16-,18-,23-/m0/s1. The first-order valence-corrected chi connectivity index (χ1v) is 11.0. The van der Waals surface area contributed by atoms with E-state index in [9.17, 15) is 4.79 Å². The van der Waals surface area contributed by atoms with E-state index in [1.165, 1.54) is 11.1 Å². The molecule has 3 aliphatic rings. The van der Waals surface area contributed by atoms with Crippen LogP contribution in [0.15, 0.2) is 18.2 Å². The highest BCUT2D eigenvalue weighted by Crippen LogP contribution is 2.61. The van der Waals surface area contributed by atoms with Crippen LogP contribution in [0, 0.1) is 5.92 Å². The van der Waals surface area contributed by atoms with E-state index in [-0.39, 0.29) is 23.3 Å². The summed E-state index contributed by atoms with van der Waals surface area (Å²) in [6.07, 6.45) is 3.55. The molecule has 1 fully saturated rings. The van der Waals surface area contributed by atoms with Crippen LogP contribution in [0.3, 0.4) is 0 Å². The van der Waals surface area contributed by atoms with Gasteiger partial charge in [0.2, 0.25) is 5.91 Å². The van der Waals surface area contributed by atoms with Crippen LogP contribution in [0.25, 0.3) is 0 Å². The molecule has 7 heteroatoms. The Kier molecular flexibility index (Phi) is 4.81. The van der Waals surface area contributed by atoms with Crippen molar-refractivity contribution in [1.82, 2.24) is 20.1 Å². The number of nitrogens with one attached hydrogen (secondary N) is 1. The van der Waals surface area contributed by atoms with Crippen LogP contribution in [0.1, 0.15) is 61.8 Å². The van der Waals surface area contributed by atoms with Gasteiger partial charge in [0, 0.05) is 36.5 Å². The van der Waals surface area contributed by atoms with E-state index in [2.05, 4.69) is 47.4 Å². The van der Waals surface area contributed by atoms with Crippen molar-refractivity contribution >= 4 is 5.91 Å². The normalized spacial score (nSPS) is 26.8. The van der Waals surface area contributed by atoms with Crippen LogP contribution < -0.4 is 10.1 Å². The molecule has 2 aliphatic heterocycles. The first kappa shape index (κ1) is 19.5. The van der Waals surface area contributed by atoms with E-state index in [4.69, 9.17) is 9.47 Å². The highest BCUT2D eigenvalue weighted by Gasteiger charge is 2.61. The van der Waals surface area contributed by atoms with E-state index < -0.39 is 0 Å². The highest BCUT2D eigenvalue weighted by molar-refractivity contribution is 5.85. The molecule has 0 radical (unpaired) electrons. The smallest absolute Gasteiger partial charge is 0.224 e. The highest BCUT2D eigenvalue weighted by atomic mass is 16.5. The van der Waals surface area contributed by atoms with Gasteiger partial charge in [-0.1, -0.05) is 26.0 Å². The molecule has 0 bridgehead atoms. The molecule has 1 aliphatic carbocycles. The summed E-state index contributed by atoms with van der Waals surface area (Å²) in [4.78, 5) is 17.7. The van der Waals surface area contributed by atoms with Crippen LogP contribution in [0.2, 0.25) is 0 Å². The van der Waals surface area contributed by atoms with Gasteiger partial charge < -0.3 is 14.8 Å². The minimum absolute atomic E-state index is 0.0313. The predicted octanol–water partition coefficient (Wildman–Crippen LogP) is 2.72. The summed E-state index contributed by atoms with van der Waals surface area (Å²) < 4.78 is 13.0. The molecule has 2 aromatic rings. The molecule has 30 heavy (non-hydrogen) atoms. The summed E-state index contributed by atoms with van der Waals surface area (Å²) in [5.74, 6) is 3.31. The Labute approximate surface area is 177 Å². The lowest BCUT2D eigenvalue weighted by Crippen LogP contribution is -2.43. The van der Waals surface area contributed by atoms with Gasteiger partial charge in [-0.05, 0) is 36.8 Å². The van der Waals surface area contributed by atoms with Crippen molar-refractivity contribution in [3.8, 4) is 5.75 Å². The van der Waals surface area contributed by atoms with Gasteiger partial charge in [0.05, 0.1) is 13.2 Å². The number of carbonyl (C=O) groups excluding carboxylic acids is 1. The number of fused-ring (bicyclic) bond motifs is 3. The van der Waals surface area contributed by atoms with E-state index in [0.29, 0.717) is 31.5 Å². The summed E-state index contributed by atoms with van der Waals surface area (Å²) in [5.41, 5.74) is 2.48. The Morgan fingerprint density at radius 1 is 1.43 bits per heavy atom. The van der Waals surface area contributed by atoms with Crippen LogP contribution in [-0.2, 0) is 34.5 Å². The van der Waals surface area contributed by atoms with Crippen LogP contribution >= 0.6 is 0 Å². The van der Waals surface area contributed by atoms with Crippen molar-refractivity contribution in [2.24, 2.45) is 5.92 Å². The molecule has 1 aromatic carbocycles. The van der Waals surface area contributed by atoms with Gasteiger partial charge in [-0.25, -0.2) is 9.67 Å². The SMILES string of the molecule is COCc1nc2n(n1)C[C@@H](NC(=O)[C@@H]1C[C@]13CCOc1ccc(C(C)C)cc13)CC2. The number of rotatable bonds is 5. The fourth-order valence-electron chi connectivity index (χ4n) is 5.09. The van der Waals surface area contributed by atoms with Crippen molar-refractivity contribution in [2.45, 2.75) is 70.1 Å². The van der Waals surface area contributed by atoms with Crippen molar-refractivity contribution in [3.63, 3.8) is 0 Å². The maximum atomic E-state index is 13.2. The quantitative estimate of drug-likeness (QED) is 0.820. The molecule has 1 aromatic heterocycles. The van der Waals surface area contributed by atoms with Crippen molar-refractivity contribution < 1.29 is 14.3 Å². The summed E-state index contributed by atoms with van der Waals surface area (Å²) in [7, 11) is 1.65. The Hall–Kier alpha value is -2.41. The van der Waals surface area contributed by atoms with E-state index in [1.807, 2.05) is 4.68 Å². The van der Waals surface area contributed by atoms with E-state index in [1.54, 1.807) is 7.11 Å². The zero-order valence-corrected chi connectivity index (χ0v) is 18.0. The maximum absolute atomic E-state index is 13.2. The average molecular weight is 411 g/mol. The van der Waals surface area contributed by atoms with Crippen molar-refractivity contribution in [2.75, 3.05) is 13.7 Å². The van der Waals surface area contributed by atoms with Crippen molar-refractivity contribution in [3.05, 3.63) is 41.0 Å². The minimum Gasteiger partial charge on any atom is -0.493 e. The number of amides is 1. The molecular formula is C23H30N4O3. The second kappa shape index (κ2) is 7.38. The molecule has 1 spiro atoms. The number of nitrogens with zero attached hydrogens (tertiary/aromatic N) is 3. The average Bonchev–Trinajstić information content (AvgIpc) is 3.30.